The second-order valence-corrected chi connectivity index (χ2v) is 6.77. The topological polar surface area (TPSA) is 72.8 Å². The van der Waals surface area contributed by atoms with Crippen LogP contribution in [0.1, 0.15) is 11.1 Å². The molecule has 1 N–H and O–H groups in total. The minimum Gasteiger partial charge on any atom is -0.324 e. The average Bonchev–Trinajstić information content (AvgIpc) is 2.31. The van der Waals surface area contributed by atoms with E-state index in [1.54, 1.807) is 24.3 Å². The maximum absolute atomic E-state index is 11.3. The lowest BCUT2D eigenvalue weighted by atomic mass is 10.2. The number of hydrogen-bond donors (Lipinski definition) is 1. The van der Waals surface area contributed by atoms with Crippen LogP contribution >= 0.6 is 15.6 Å². The Hall–Kier alpha value is -0.570. The highest BCUT2D eigenvalue weighted by Crippen LogP contribution is 2.44. The van der Waals surface area contributed by atoms with Crippen LogP contribution in [0, 0.1) is 0 Å². The molecular weight excluding hydrogens is 262 g/mol. The van der Waals surface area contributed by atoms with Gasteiger partial charge in [0.05, 0.1) is 13.3 Å². The maximum atomic E-state index is 11.3. The summed E-state index contributed by atoms with van der Waals surface area (Å²) < 4.78 is 31.7. The zero-order chi connectivity index (χ0) is 12.9. The third-order valence-electron chi connectivity index (χ3n) is 2.21. The quantitative estimate of drug-likeness (QED) is 0.809. The molecule has 0 spiro atoms. The Balaban J connectivity index is 2.68. The van der Waals surface area contributed by atoms with E-state index in [1.165, 1.54) is 14.2 Å². The van der Waals surface area contributed by atoms with Crippen molar-refractivity contribution in [1.82, 2.24) is 0 Å². The summed E-state index contributed by atoms with van der Waals surface area (Å²) in [7, 11) is -2.60. The van der Waals surface area contributed by atoms with Crippen molar-refractivity contribution in [3.63, 3.8) is 0 Å². The van der Waals surface area contributed by atoms with Crippen molar-refractivity contribution in [1.29, 1.82) is 0 Å². The Bertz CT molecular complexity index is 429. The molecule has 0 saturated heterocycles. The Labute approximate surface area is 101 Å². The van der Waals surface area contributed by atoms with Gasteiger partial charge in [-0.25, -0.2) is 0 Å². The predicted molar refractivity (Wildman–Crippen MR) is 65.3 cm³/mol. The summed E-state index contributed by atoms with van der Waals surface area (Å²) in [5.41, 5.74) is 1.57. The van der Waals surface area contributed by atoms with Crippen molar-refractivity contribution >= 4 is 15.6 Å². The normalized spacial score (nSPS) is 15.4. The van der Waals surface area contributed by atoms with E-state index in [2.05, 4.69) is 9.05 Å². The third-order valence-corrected chi connectivity index (χ3v) is 4.57. The van der Waals surface area contributed by atoms with Crippen LogP contribution in [0.4, 0.5) is 0 Å². The van der Waals surface area contributed by atoms with Gasteiger partial charge >= 0.3 is 15.6 Å². The fraction of sp³-hybridized carbons (Fsp3) is 0.400. The minimum atomic E-state index is -3.53. The molecule has 0 aliphatic rings. The summed E-state index contributed by atoms with van der Waals surface area (Å²) in [5.74, 6) is 0. The van der Waals surface area contributed by atoms with Gasteiger partial charge in [0.15, 0.2) is 0 Å². The van der Waals surface area contributed by atoms with E-state index >= 15 is 0 Å². The zero-order valence-electron chi connectivity index (χ0n) is 9.70. The molecule has 0 saturated carbocycles. The molecule has 0 aromatic heterocycles. The molecule has 2 atom stereocenters. The predicted octanol–water partition coefficient (Wildman–Crippen LogP) is 2.91. The fourth-order valence-corrected chi connectivity index (χ4v) is 2.70. The Morgan fingerprint density at radius 1 is 1.24 bits per heavy atom. The van der Waals surface area contributed by atoms with Crippen LogP contribution in [-0.2, 0) is 30.5 Å². The van der Waals surface area contributed by atoms with Gasteiger partial charge in [-0.15, -0.1) is 4.52 Å². The Morgan fingerprint density at radius 2 is 1.76 bits per heavy atom. The summed E-state index contributed by atoms with van der Waals surface area (Å²) >= 11 is 0. The summed E-state index contributed by atoms with van der Waals surface area (Å²) in [4.78, 5) is 9.30. The first-order valence-electron chi connectivity index (χ1n) is 4.91. The minimum absolute atomic E-state index is 0.0276. The molecule has 0 radical (unpaired) electrons. The number of hydrogen-bond acceptors (Lipinski definition) is 4. The van der Waals surface area contributed by atoms with Crippen molar-refractivity contribution < 1.29 is 23.1 Å². The molecule has 0 heterocycles. The van der Waals surface area contributed by atoms with Crippen LogP contribution in [-0.4, -0.2) is 19.1 Å². The number of rotatable bonds is 6. The monoisotopic (exact) mass is 277 g/mol. The van der Waals surface area contributed by atoms with Gasteiger partial charge in [0.1, 0.15) is 0 Å². The van der Waals surface area contributed by atoms with Crippen molar-refractivity contribution in [2.24, 2.45) is 0 Å². The smallest absolute Gasteiger partial charge is 0.324 e. The van der Waals surface area contributed by atoms with Gasteiger partial charge in [-0.2, -0.15) is 0 Å². The molecular formula is C10H15O5P2+. The van der Waals surface area contributed by atoms with E-state index < -0.39 is 15.6 Å². The molecule has 94 valence electrons. The van der Waals surface area contributed by atoms with Gasteiger partial charge < -0.3 is 9.42 Å². The molecule has 0 aliphatic heterocycles. The van der Waals surface area contributed by atoms with Gasteiger partial charge in [0, 0.05) is 12.7 Å². The molecule has 17 heavy (non-hydrogen) atoms. The lowest BCUT2D eigenvalue weighted by molar-refractivity contribution is 0.314. The first-order chi connectivity index (χ1) is 7.96. The molecule has 0 fully saturated rings. The van der Waals surface area contributed by atoms with Crippen molar-refractivity contribution in [3.05, 3.63) is 35.4 Å². The van der Waals surface area contributed by atoms with E-state index in [1.807, 2.05) is 0 Å². The van der Waals surface area contributed by atoms with Crippen molar-refractivity contribution in [2.45, 2.75) is 12.3 Å². The van der Waals surface area contributed by atoms with Crippen LogP contribution < -0.4 is 0 Å². The van der Waals surface area contributed by atoms with Crippen LogP contribution in [0.2, 0.25) is 0 Å². The lowest BCUT2D eigenvalue weighted by Gasteiger charge is -2.08. The summed E-state index contributed by atoms with van der Waals surface area (Å²) in [6.07, 6.45) is 0.313. The second kappa shape index (κ2) is 6.39. The summed E-state index contributed by atoms with van der Waals surface area (Å²) in [6, 6.07) is 6.96. The van der Waals surface area contributed by atoms with E-state index in [4.69, 9.17) is 0 Å². The molecule has 0 amide bonds. The maximum Gasteiger partial charge on any atom is 0.512 e. The standard InChI is InChI=1S/C10H14O5P2/c1-14-16(11)7-9-3-5-10(6-4-9)8-17(12,13)15-2/h3-6H,7-8H2,1-2H3/p+1. The molecule has 7 heteroatoms. The molecule has 0 aliphatic carbocycles. The van der Waals surface area contributed by atoms with Gasteiger partial charge in [-0.05, 0) is 10.1 Å². The van der Waals surface area contributed by atoms with E-state index in [0.29, 0.717) is 11.7 Å². The summed E-state index contributed by atoms with van der Waals surface area (Å²) in [5, 5.41) is 0. The van der Waals surface area contributed by atoms with Crippen LogP contribution in [0.25, 0.3) is 0 Å². The highest BCUT2D eigenvalue weighted by Gasteiger charge is 2.19. The SMILES string of the molecule is CO[P+](=O)Cc1ccc(CP(=O)(O)OC)cc1. The van der Waals surface area contributed by atoms with Crippen molar-refractivity contribution in [2.75, 3.05) is 14.2 Å². The molecule has 1 aromatic rings. The first-order valence-corrected chi connectivity index (χ1v) is 8.03. The number of benzene rings is 1. The van der Waals surface area contributed by atoms with Crippen LogP contribution in [0.3, 0.4) is 0 Å². The van der Waals surface area contributed by atoms with Gasteiger partial charge in [-0.3, -0.25) is 4.57 Å². The highest BCUT2D eigenvalue weighted by molar-refractivity contribution is 7.51. The van der Waals surface area contributed by atoms with Crippen molar-refractivity contribution in [3.8, 4) is 0 Å². The highest BCUT2D eigenvalue weighted by atomic mass is 31.2. The van der Waals surface area contributed by atoms with E-state index in [-0.39, 0.29) is 6.16 Å². The average molecular weight is 277 g/mol. The van der Waals surface area contributed by atoms with E-state index in [0.717, 1.165) is 5.56 Å². The zero-order valence-corrected chi connectivity index (χ0v) is 11.5. The lowest BCUT2D eigenvalue weighted by Crippen LogP contribution is -1.90. The van der Waals surface area contributed by atoms with Crippen LogP contribution in [0.5, 0.6) is 0 Å². The molecule has 0 bridgehead atoms. The summed E-state index contributed by atoms with van der Waals surface area (Å²) in [6.45, 7) is 0. The Kier molecular flexibility index (Phi) is 5.44. The van der Waals surface area contributed by atoms with Gasteiger partial charge in [0.25, 0.3) is 0 Å². The second-order valence-electron chi connectivity index (χ2n) is 3.47. The fourth-order valence-electron chi connectivity index (χ4n) is 1.26. The van der Waals surface area contributed by atoms with Gasteiger partial charge in [0.2, 0.25) is 6.16 Å². The largest absolute Gasteiger partial charge is 0.512 e. The molecule has 5 nitrogen and oxygen atoms in total. The third kappa shape index (κ3) is 5.07. The first kappa shape index (κ1) is 14.5. The molecule has 1 rings (SSSR count). The Morgan fingerprint density at radius 3 is 2.24 bits per heavy atom. The van der Waals surface area contributed by atoms with E-state index in [9.17, 15) is 14.0 Å². The molecule has 2 unspecified atom stereocenters. The van der Waals surface area contributed by atoms with Gasteiger partial charge in [-0.1, -0.05) is 24.3 Å². The van der Waals surface area contributed by atoms with Crippen LogP contribution in [0.15, 0.2) is 24.3 Å². The molecule has 1 aromatic carbocycles.